The number of methoxy groups -OCH3 is 2. The van der Waals surface area contributed by atoms with Gasteiger partial charge in [-0.1, -0.05) is 13.0 Å². The van der Waals surface area contributed by atoms with E-state index in [2.05, 4.69) is 5.32 Å². The van der Waals surface area contributed by atoms with E-state index in [4.69, 9.17) is 25.5 Å². The van der Waals surface area contributed by atoms with Gasteiger partial charge < -0.3 is 19.2 Å². The standard InChI is InChI=1S/C15H18ClNO3/c1-4-17-15(12-8-9-13(16)20-12)14-10(18-2)6-5-7-11(14)19-3/h5-9,15,17H,4H2,1-3H3. The summed E-state index contributed by atoms with van der Waals surface area (Å²) in [5.41, 5.74) is 0.894. The molecule has 1 heterocycles. The molecule has 0 aliphatic rings. The van der Waals surface area contributed by atoms with E-state index < -0.39 is 0 Å². The minimum absolute atomic E-state index is 0.182. The molecule has 1 unspecified atom stereocenters. The lowest BCUT2D eigenvalue weighted by Gasteiger charge is -2.21. The van der Waals surface area contributed by atoms with Crippen LogP contribution in [0.5, 0.6) is 11.5 Å². The molecule has 0 radical (unpaired) electrons. The zero-order valence-electron chi connectivity index (χ0n) is 11.8. The van der Waals surface area contributed by atoms with E-state index in [0.717, 1.165) is 29.4 Å². The molecule has 1 aromatic heterocycles. The maximum absolute atomic E-state index is 5.88. The van der Waals surface area contributed by atoms with Crippen LogP contribution in [0, 0.1) is 0 Å². The molecule has 2 rings (SSSR count). The lowest BCUT2D eigenvalue weighted by atomic mass is 10.0. The lowest BCUT2D eigenvalue weighted by molar-refractivity contribution is 0.367. The average Bonchev–Trinajstić information content (AvgIpc) is 2.90. The third-order valence-corrected chi connectivity index (χ3v) is 3.24. The van der Waals surface area contributed by atoms with Crippen LogP contribution in [0.3, 0.4) is 0 Å². The van der Waals surface area contributed by atoms with Crippen LogP contribution in [0.1, 0.15) is 24.3 Å². The van der Waals surface area contributed by atoms with Gasteiger partial charge in [-0.2, -0.15) is 0 Å². The van der Waals surface area contributed by atoms with Gasteiger partial charge in [-0.25, -0.2) is 0 Å². The van der Waals surface area contributed by atoms with Crippen molar-refractivity contribution in [2.45, 2.75) is 13.0 Å². The molecule has 0 aliphatic carbocycles. The van der Waals surface area contributed by atoms with E-state index in [1.165, 1.54) is 0 Å². The fourth-order valence-electron chi connectivity index (χ4n) is 2.20. The monoisotopic (exact) mass is 295 g/mol. The molecule has 1 aromatic carbocycles. The fourth-order valence-corrected chi connectivity index (χ4v) is 2.35. The normalized spacial score (nSPS) is 12.2. The maximum Gasteiger partial charge on any atom is 0.193 e. The van der Waals surface area contributed by atoms with Crippen LogP contribution in [0.25, 0.3) is 0 Å². The first kappa shape index (κ1) is 14.8. The van der Waals surface area contributed by atoms with E-state index in [1.54, 1.807) is 20.3 Å². The quantitative estimate of drug-likeness (QED) is 0.883. The number of ether oxygens (including phenoxy) is 2. The van der Waals surface area contributed by atoms with E-state index in [0.29, 0.717) is 5.22 Å². The molecule has 0 fully saturated rings. The van der Waals surface area contributed by atoms with Crippen LogP contribution < -0.4 is 14.8 Å². The Morgan fingerprint density at radius 3 is 2.25 bits per heavy atom. The van der Waals surface area contributed by atoms with Crippen LogP contribution in [0.2, 0.25) is 5.22 Å². The second-order valence-corrected chi connectivity index (χ2v) is 4.58. The molecule has 0 saturated carbocycles. The van der Waals surface area contributed by atoms with Gasteiger partial charge in [0.05, 0.1) is 25.8 Å². The molecule has 0 bridgehead atoms. The van der Waals surface area contributed by atoms with E-state index in [9.17, 15) is 0 Å². The molecule has 4 nitrogen and oxygen atoms in total. The number of rotatable bonds is 6. The third kappa shape index (κ3) is 2.92. The molecule has 2 aromatic rings. The lowest BCUT2D eigenvalue weighted by Crippen LogP contribution is -2.22. The molecule has 0 spiro atoms. The summed E-state index contributed by atoms with van der Waals surface area (Å²) in [7, 11) is 3.27. The Kier molecular flexibility index (Phi) is 4.93. The number of hydrogen-bond donors (Lipinski definition) is 1. The highest BCUT2D eigenvalue weighted by Gasteiger charge is 2.24. The predicted octanol–water partition coefficient (Wildman–Crippen LogP) is 3.65. The molecule has 0 saturated heterocycles. The molecule has 5 heteroatoms. The van der Waals surface area contributed by atoms with Crippen LogP contribution in [0.15, 0.2) is 34.7 Å². The highest BCUT2D eigenvalue weighted by molar-refractivity contribution is 6.28. The van der Waals surface area contributed by atoms with E-state index in [1.807, 2.05) is 31.2 Å². The first-order valence-electron chi connectivity index (χ1n) is 6.40. The number of nitrogens with one attached hydrogen (secondary N) is 1. The van der Waals surface area contributed by atoms with Crippen molar-refractivity contribution in [2.75, 3.05) is 20.8 Å². The molecule has 1 atom stereocenters. The van der Waals surface area contributed by atoms with E-state index >= 15 is 0 Å². The Morgan fingerprint density at radius 1 is 1.15 bits per heavy atom. The Bertz CT molecular complexity index is 546. The Hall–Kier alpha value is -1.65. The third-order valence-electron chi connectivity index (χ3n) is 3.04. The summed E-state index contributed by atoms with van der Waals surface area (Å²) in [6.07, 6.45) is 0. The van der Waals surface area contributed by atoms with Gasteiger partial charge in [-0.3, -0.25) is 0 Å². The Morgan fingerprint density at radius 2 is 1.80 bits per heavy atom. The van der Waals surface area contributed by atoms with Crippen molar-refractivity contribution in [1.82, 2.24) is 5.32 Å². The van der Waals surface area contributed by atoms with Crippen LogP contribution in [0.4, 0.5) is 0 Å². The molecule has 20 heavy (non-hydrogen) atoms. The molecule has 1 N–H and O–H groups in total. The van der Waals surface area contributed by atoms with Gasteiger partial charge in [-0.05, 0) is 42.4 Å². The number of halogens is 1. The highest BCUT2D eigenvalue weighted by Crippen LogP contribution is 2.38. The minimum atomic E-state index is -0.182. The van der Waals surface area contributed by atoms with Gasteiger partial charge in [0.2, 0.25) is 0 Å². The highest BCUT2D eigenvalue weighted by atomic mass is 35.5. The van der Waals surface area contributed by atoms with Crippen LogP contribution in [-0.2, 0) is 0 Å². The van der Waals surface area contributed by atoms with Gasteiger partial charge in [0.1, 0.15) is 17.3 Å². The molecular weight excluding hydrogens is 278 g/mol. The average molecular weight is 296 g/mol. The molecule has 108 valence electrons. The van der Waals surface area contributed by atoms with Crippen molar-refractivity contribution in [2.24, 2.45) is 0 Å². The second kappa shape index (κ2) is 6.68. The zero-order chi connectivity index (χ0) is 14.5. The second-order valence-electron chi connectivity index (χ2n) is 4.21. The topological polar surface area (TPSA) is 43.6 Å². The largest absolute Gasteiger partial charge is 0.496 e. The summed E-state index contributed by atoms with van der Waals surface area (Å²) in [5.74, 6) is 2.20. The summed E-state index contributed by atoms with van der Waals surface area (Å²) in [6, 6.07) is 9.07. The van der Waals surface area contributed by atoms with Gasteiger partial charge >= 0.3 is 0 Å². The fraction of sp³-hybridized carbons (Fsp3) is 0.333. The molecule has 0 aliphatic heterocycles. The summed E-state index contributed by atoms with van der Waals surface area (Å²) in [5, 5.41) is 3.72. The van der Waals surface area contributed by atoms with Gasteiger partial charge in [0, 0.05) is 0 Å². The Labute approximate surface area is 123 Å². The number of hydrogen-bond acceptors (Lipinski definition) is 4. The van der Waals surface area contributed by atoms with Crippen LogP contribution in [-0.4, -0.2) is 20.8 Å². The first-order chi connectivity index (χ1) is 9.71. The molecule has 0 amide bonds. The number of benzene rings is 1. The minimum Gasteiger partial charge on any atom is -0.496 e. The van der Waals surface area contributed by atoms with Crippen LogP contribution >= 0.6 is 11.6 Å². The van der Waals surface area contributed by atoms with Crippen molar-refractivity contribution in [3.63, 3.8) is 0 Å². The van der Waals surface area contributed by atoms with E-state index in [-0.39, 0.29) is 6.04 Å². The smallest absolute Gasteiger partial charge is 0.193 e. The zero-order valence-corrected chi connectivity index (χ0v) is 12.5. The first-order valence-corrected chi connectivity index (χ1v) is 6.78. The van der Waals surface area contributed by atoms with Crippen molar-refractivity contribution in [3.8, 4) is 11.5 Å². The van der Waals surface area contributed by atoms with Crippen molar-refractivity contribution < 1.29 is 13.9 Å². The maximum atomic E-state index is 5.88. The number of furan rings is 1. The van der Waals surface area contributed by atoms with Crippen molar-refractivity contribution >= 4 is 11.6 Å². The van der Waals surface area contributed by atoms with Gasteiger partial charge in [0.15, 0.2) is 5.22 Å². The SMILES string of the molecule is CCNC(c1ccc(Cl)o1)c1c(OC)cccc1OC. The van der Waals surface area contributed by atoms with Crippen molar-refractivity contribution in [1.29, 1.82) is 0 Å². The summed E-state index contributed by atoms with van der Waals surface area (Å²) >= 11 is 5.88. The molecular formula is C15H18ClNO3. The van der Waals surface area contributed by atoms with Gasteiger partial charge in [0.25, 0.3) is 0 Å². The summed E-state index contributed by atoms with van der Waals surface area (Å²) < 4.78 is 16.4. The van der Waals surface area contributed by atoms with Gasteiger partial charge in [-0.15, -0.1) is 0 Å². The summed E-state index contributed by atoms with van der Waals surface area (Å²) in [4.78, 5) is 0. The summed E-state index contributed by atoms with van der Waals surface area (Å²) in [6.45, 7) is 2.80. The Balaban J connectivity index is 2.53. The predicted molar refractivity (Wildman–Crippen MR) is 78.8 cm³/mol. The van der Waals surface area contributed by atoms with Crippen molar-refractivity contribution in [3.05, 3.63) is 46.9 Å².